The molecule has 3 heterocycles. The highest BCUT2D eigenvalue weighted by molar-refractivity contribution is 7.98. The van der Waals surface area contributed by atoms with Crippen LogP contribution in [0.2, 0.25) is 0 Å². The molecule has 4 aromatic rings. The van der Waals surface area contributed by atoms with E-state index < -0.39 is 0 Å². The summed E-state index contributed by atoms with van der Waals surface area (Å²) in [6.07, 6.45) is 1.82. The Bertz CT molecular complexity index is 944. The van der Waals surface area contributed by atoms with E-state index in [1.165, 1.54) is 11.5 Å². The zero-order valence-electron chi connectivity index (χ0n) is 12.5. The first kappa shape index (κ1) is 14.4. The number of pyridine rings is 1. The van der Waals surface area contributed by atoms with Gasteiger partial charge in [0.2, 0.25) is 0 Å². The van der Waals surface area contributed by atoms with Crippen LogP contribution >= 0.6 is 23.3 Å². The van der Waals surface area contributed by atoms with Crippen LogP contribution in [-0.2, 0) is 5.75 Å². The highest BCUT2D eigenvalue weighted by atomic mass is 32.2. The van der Waals surface area contributed by atoms with E-state index in [-0.39, 0.29) is 0 Å². The summed E-state index contributed by atoms with van der Waals surface area (Å²) in [6, 6.07) is 16.3. The van der Waals surface area contributed by atoms with Crippen LogP contribution in [0.15, 0.2) is 59.9 Å². The predicted molar refractivity (Wildman–Crippen MR) is 95.3 cm³/mol. The SMILES string of the molecule is Cc1cc(-n2c(SCc3ccccn3)nc3ccccc32)sn1. The van der Waals surface area contributed by atoms with Gasteiger partial charge in [-0.25, -0.2) is 4.98 Å². The molecule has 0 atom stereocenters. The Kier molecular flexibility index (Phi) is 3.85. The lowest BCUT2D eigenvalue weighted by atomic mass is 10.3. The van der Waals surface area contributed by atoms with Crippen molar-refractivity contribution in [2.45, 2.75) is 17.8 Å². The fourth-order valence-corrected chi connectivity index (χ4v) is 4.17. The van der Waals surface area contributed by atoms with Gasteiger partial charge in [-0.05, 0) is 48.8 Å². The maximum atomic E-state index is 4.79. The van der Waals surface area contributed by atoms with E-state index in [1.54, 1.807) is 11.8 Å². The van der Waals surface area contributed by atoms with Crippen LogP contribution in [0.25, 0.3) is 16.0 Å². The Morgan fingerprint density at radius 3 is 2.78 bits per heavy atom. The van der Waals surface area contributed by atoms with Gasteiger partial charge < -0.3 is 0 Å². The molecule has 0 aliphatic heterocycles. The predicted octanol–water partition coefficient (Wildman–Crippen LogP) is 4.48. The molecule has 1 aromatic carbocycles. The van der Waals surface area contributed by atoms with E-state index in [0.29, 0.717) is 0 Å². The minimum atomic E-state index is 0.794. The van der Waals surface area contributed by atoms with E-state index in [2.05, 4.69) is 26.1 Å². The van der Waals surface area contributed by atoms with Crippen molar-refractivity contribution in [3.05, 3.63) is 66.1 Å². The molecule has 4 rings (SSSR count). The fourth-order valence-electron chi connectivity index (χ4n) is 2.39. The Morgan fingerprint density at radius 2 is 2.00 bits per heavy atom. The first-order chi connectivity index (χ1) is 11.3. The number of rotatable bonds is 4. The number of fused-ring (bicyclic) bond motifs is 1. The summed E-state index contributed by atoms with van der Waals surface area (Å²) in [4.78, 5) is 9.18. The standard InChI is InChI=1S/C17H14N4S2/c1-12-10-16(23-20-12)21-15-8-3-2-7-14(15)19-17(21)22-11-13-6-4-5-9-18-13/h2-10H,11H2,1H3. The van der Waals surface area contributed by atoms with Crippen molar-refractivity contribution >= 4 is 34.3 Å². The molecule has 0 aliphatic rings. The van der Waals surface area contributed by atoms with Crippen LogP contribution in [0.4, 0.5) is 0 Å². The Morgan fingerprint density at radius 1 is 1.13 bits per heavy atom. The average molecular weight is 338 g/mol. The van der Waals surface area contributed by atoms with Crippen LogP contribution in [-0.4, -0.2) is 18.9 Å². The number of hydrogen-bond donors (Lipinski definition) is 0. The third kappa shape index (κ3) is 2.87. The number of aryl methyl sites for hydroxylation is 1. The summed E-state index contributed by atoms with van der Waals surface area (Å²) in [7, 11) is 0. The highest BCUT2D eigenvalue weighted by Gasteiger charge is 2.14. The Labute approximate surface area is 142 Å². The molecule has 0 fully saturated rings. The Balaban J connectivity index is 1.76. The minimum absolute atomic E-state index is 0.794. The van der Waals surface area contributed by atoms with Gasteiger partial charge in [-0.3, -0.25) is 9.55 Å². The van der Waals surface area contributed by atoms with Crippen LogP contribution in [0.1, 0.15) is 11.4 Å². The second-order valence-electron chi connectivity index (χ2n) is 5.13. The lowest BCUT2D eigenvalue weighted by Gasteiger charge is -2.05. The molecule has 4 nitrogen and oxygen atoms in total. The molecule has 0 saturated heterocycles. The third-order valence-corrected chi connectivity index (χ3v) is 5.28. The molecule has 6 heteroatoms. The number of aromatic nitrogens is 4. The molecule has 3 aromatic heterocycles. The van der Waals surface area contributed by atoms with Crippen LogP contribution in [0.5, 0.6) is 0 Å². The number of benzene rings is 1. The molecule has 0 bridgehead atoms. The van der Waals surface area contributed by atoms with Gasteiger partial charge in [0.05, 0.1) is 22.4 Å². The molecular formula is C17H14N4S2. The van der Waals surface area contributed by atoms with Crippen molar-refractivity contribution in [3.63, 3.8) is 0 Å². The lowest BCUT2D eigenvalue weighted by Crippen LogP contribution is -1.94. The largest absolute Gasteiger partial charge is 0.277 e. The van der Waals surface area contributed by atoms with Gasteiger partial charge in [-0.1, -0.05) is 30.0 Å². The van der Waals surface area contributed by atoms with E-state index in [1.807, 2.05) is 49.5 Å². The van der Waals surface area contributed by atoms with Crippen molar-refractivity contribution < 1.29 is 0 Å². The van der Waals surface area contributed by atoms with Gasteiger partial charge in [-0.15, -0.1) is 0 Å². The number of imidazole rings is 1. The quantitative estimate of drug-likeness (QED) is 0.515. The summed E-state index contributed by atoms with van der Waals surface area (Å²) in [5, 5.41) is 2.07. The van der Waals surface area contributed by atoms with E-state index in [0.717, 1.165) is 38.3 Å². The normalized spacial score (nSPS) is 11.2. The van der Waals surface area contributed by atoms with Crippen molar-refractivity contribution in [2.75, 3.05) is 0 Å². The highest BCUT2D eigenvalue weighted by Crippen LogP contribution is 2.31. The molecule has 0 spiro atoms. The van der Waals surface area contributed by atoms with Gasteiger partial charge in [-0.2, -0.15) is 4.37 Å². The lowest BCUT2D eigenvalue weighted by molar-refractivity contribution is 0.932. The summed E-state index contributed by atoms with van der Waals surface area (Å²) >= 11 is 3.20. The molecule has 23 heavy (non-hydrogen) atoms. The van der Waals surface area contributed by atoms with Crippen LogP contribution in [0.3, 0.4) is 0 Å². The summed E-state index contributed by atoms with van der Waals surface area (Å²) in [5.74, 6) is 0.794. The van der Waals surface area contributed by atoms with Gasteiger partial charge in [0.1, 0.15) is 5.00 Å². The maximum absolute atomic E-state index is 4.79. The van der Waals surface area contributed by atoms with Crippen LogP contribution in [0, 0.1) is 6.92 Å². The van der Waals surface area contributed by atoms with Gasteiger partial charge >= 0.3 is 0 Å². The smallest absolute Gasteiger partial charge is 0.174 e. The number of nitrogens with zero attached hydrogens (tertiary/aromatic N) is 4. The summed E-state index contributed by atoms with van der Waals surface area (Å²) < 4.78 is 6.60. The van der Waals surface area contributed by atoms with E-state index in [4.69, 9.17) is 4.98 Å². The third-order valence-electron chi connectivity index (χ3n) is 3.44. The molecular weight excluding hydrogens is 324 g/mol. The second-order valence-corrected chi connectivity index (χ2v) is 6.86. The zero-order chi connectivity index (χ0) is 15.6. The zero-order valence-corrected chi connectivity index (χ0v) is 14.1. The van der Waals surface area contributed by atoms with Crippen molar-refractivity contribution in [2.24, 2.45) is 0 Å². The number of hydrogen-bond acceptors (Lipinski definition) is 5. The van der Waals surface area contributed by atoms with E-state index in [9.17, 15) is 0 Å². The van der Waals surface area contributed by atoms with Gasteiger partial charge in [0, 0.05) is 11.9 Å². The topological polar surface area (TPSA) is 43.6 Å². The number of thioether (sulfide) groups is 1. The Hall–Kier alpha value is -2.18. The van der Waals surface area contributed by atoms with Crippen molar-refractivity contribution in [1.82, 2.24) is 18.9 Å². The summed E-state index contributed by atoms with van der Waals surface area (Å²) in [5.41, 5.74) is 4.20. The van der Waals surface area contributed by atoms with E-state index >= 15 is 0 Å². The molecule has 114 valence electrons. The summed E-state index contributed by atoms with van der Waals surface area (Å²) in [6.45, 7) is 2.01. The first-order valence-electron chi connectivity index (χ1n) is 7.25. The molecule has 0 amide bonds. The first-order valence-corrected chi connectivity index (χ1v) is 9.01. The molecule has 0 radical (unpaired) electrons. The average Bonchev–Trinajstić information content (AvgIpc) is 3.16. The second kappa shape index (κ2) is 6.14. The van der Waals surface area contributed by atoms with Gasteiger partial charge in [0.25, 0.3) is 0 Å². The molecule has 0 unspecified atom stereocenters. The number of para-hydroxylation sites is 2. The maximum Gasteiger partial charge on any atom is 0.174 e. The van der Waals surface area contributed by atoms with Crippen LogP contribution < -0.4 is 0 Å². The molecule has 0 aliphatic carbocycles. The van der Waals surface area contributed by atoms with Gasteiger partial charge in [0.15, 0.2) is 5.16 Å². The fraction of sp³-hybridized carbons (Fsp3) is 0.118. The molecule has 0 N–H and O–H groups in total. The van der Waals surface area contributed by atoms with Crippen molar-refractivity contribution in [1.29, 1.82) is 0 Å². The minimum Gasteiger partial charge on any atom is -0.277 e. The van der Waals surface area contributed by atoms with Crippen molar-refractivity contribution in [3.8, 4) is 5.00 Å². The molecule has 0 saturated carbocycles. The monoisotopic (exact) mass is 338 g/mol.